The molecule has 4 aromatic heterocycles. The van der Waals surface area contributed by atoms with Gasteiger partial charge in [-0.25, -0.2) is 15.0 Å². The number of halogens is 3. The Morgan fingerprint density at radius 1 is 1.12 bits per heavy atom. The van der Waals surface area contributed by atoms with Crippen LogP contribution in [0, 0.1) is 11.3 Å². The molecule has 0 aromatic carbocycles. The lowest BCUT2D eigenvalue weighted by Gasteiger charge is -2.22. The van der Waals surface area contributed by atoms with Crippen molar-refractivity contribution in [2.75, 3.05) is 0 Å². The quantitative estimate of drug-likeness (QED) is 0.428. The number of hydrogen-bond acceptors (Lipinski definition) is 5. The van der Waals surface area contributed by atoms with Crippen molar-refractivity contribution < 1.29 is 13.2 Å². The Balaban J connectivity index is 1.56. The van der Waals surface area contributed by atoms with E-state index in [2.05, 4.69) is 26.3 Å². The van der Waals surface area contributed by atoms with Crippen molar-refractivity contribution in [3.63, 3.8) is 0 Å². The van der Waals surface area contributed by atoms with Crippen molar-refractivity contribution in [2.24, 2.45) is 0 Å². The van der Waals surface area contributed by atoms with Gasteiger partial charge in [-0.3, -0.25) is 4.40 Å². The summed E-state index contributed by atoms with van der Waals surface area (Å²) in [6.45, 7) is 0.466. The molecule has 0 aliphatic heterocycles. The third-order valence-electron chi connectivity index (χ3n) is 6.11. The van der Waals surface area contributed by atoms with Crippen LogP contribution in [0.2, 0.25) is 0 Å². The monoisotopic (exact) mass is 465 g/mol. The first-order valence-corrected chi connectivity index (χ1v) is 11.2. The van der Waals surface area contributed by atoms with Crippen LogP contribution in [0.4, 0.5) is 13.2 Å². The molecule has 0 atom stereocenters. The molecule has 0 unspecified atom stereocenters. The van der Waals surface area contributed by atoms with Crippen LogP contribution >= 0.6 is 0 Å². The third kappa shape index (κ3) is 4.39. The lowest BCUT2D eigenvalue weighted by molar-refractivity contribution is -0.141. The summed E-state index contributed by atoms with van der Waals surface area (Å²) in [6, 6.07) is 9.83. The standard InChI is InChI=1S/C24H22F3N7/c25-24(26,27)19-8-4-7-18(31-19)23-22(15-9-10-21-30-12-17(11-28)34(21)14-15)32-20(33-23)13-29-16-5-2-1-3-6-16/h4,7-10,12,14,16,29H,1-3,5-6,13H2,(H,32,33). The van der Waals surface area contributed by atoms with Crippen molar-refractivity contribution in [1.82, 2.24) is 29.7 Å². The smallest absolute Gasteiger partial charge is 0.339 e. The van der Waals surface area contributed by atoms with Gasteiger partial charge in [-0.1, -0.05) is 25.3 Å². The van der Waals surface area contributed by atoms with E-state index in [9.17, 15) is 18.4 Å². The number of aromatic amines is 1. The molecule has 0 bridgehead atoms. The first-order chi connectivity index (χ1) is 16.4. The van der Waals surface area contributed by atoms with E-state index >= 15 is 0 Å². The number of alkyl halides is 3. The molecule has 1 aliphatic rings. The highest BCUT2D eigenvalue weighted by molar-refractivity contribution is 5.77. The highest BCUT2D eigenvalue weighted by atomic mass is 19.4. The Morgan fingerprint density at radius 2 is 1.94 bits per heavy atom. The number of imidazole rings is 2. The van der Waals surface area contributed by atoms with E-state index in [-0.39, 0.29) is 5.69 Å². The molecule has 4 aromatic rings. The Hall–Kier alpha value is -3.71. The fourth-order valence-electron chi connectivity index (χ4n) is 4.38. The van der Waals surface area contributed by atoms with Gasteiger partial charge < -0.3 is 10.3 Å². The van der Waals surface area contributed by atoms with Crippen LogP contribution in [0.15, 0.2) is 42.7 Å². The second-order valence-corrected chi connectivity index (χ2v) is 8.43. The molecular formula is C24H22F3N7. The Kier molecular flexibility index (Phi) is 5.79. The first kappa shape index (κ1) is 22.1. The minimum Gasteiger partial charge on any atom is -0.339 e. The van der Waals surface area contributed by atoms with Crippen LogP contribution < -0.4 is 5.32 Å². The minimum absolute atomic E-state index is 0.146. The summed E-state index contributed by atoms with van der Waals surface area (Å²) in [6.07, 6.45) is 4.45. The van der Waals surface area contributed by atoms with E-state index in [1.807, 2.05) is 0 Å². The van der Waals surface area contributed by atoms with Gasteiger partial charge in [0.25, 0.3) is 0 Å². The van der Waals surface area contributed by atoms with E-state index in [1.165, 1.54) is 37.6 Å². The molecule has 1 saturated carbocycles. The molecular weight excluding hydrogens is 443 g/mol. The molecule has 0 spiro atoms. The second-order valence-electron chi connectivity index (χ2n) is 8.43. The number of fused-ring (bicyclic) bond motifs is 1. The summed E-state index contributed by atoms with van der Waals surface area (Å²) in [5.41, 5.74) is 1.61. The number of pyridine rings is 2. The van der Waals surface area contributed by atoms with Gasteiger partial charge in [-0.05, 0) is 37.1 Å². The van der Waals surface area contributed by atoms with Crippen LogP contribution in [-0.4, -0.2) is 30.4 Å². The molecule has 0 saturated heterocycles. The average Bonchev–Trinajstić information content (AvgIpc) is 3.46. The summed E-state index contributed by atoms with van der Waals surface area (Å²) in [7, 11) is 0. The van der Waals surface area contributed by atoms with Crippen molar-refractivity contribution in [3.05, 3.63) is 59.9 Å². The van der Waals surface area contributed by atoms with Gasteiger partial charge in [0.15, 0.2) is 0 Å². The predicted molar refractivity (Wildman–Crippen MR) is 119 cm³/mol. The van der Waals surface area contributed by atoms with Gasteiger partial charge in [-0.15, -0.1) is 0 Å². The average molecular weight is 465 g/mol. The maximum absolute atomic E-state index is 13.3. The molecule has 7 nitrogen and oxygen atoms in total. The highest BCUT2D eigenvalue weighted by Gasteiger charge is 2.33. The molecule has 2 N–H and O–H groups in total. The van der Waals surface area contributed by atoms with Gasteiger partial charge in [-0.2, -0.15) is 18.4 Å². The predicted octanol–water partition coefficient (Wildman–Crippen LogP) is 5.10. The van der Waals surface area contributed by atoms with E-state index in [4.69, 9.17) is 4.98 Å². The number of aromatic nitrogens is 5. The number of nitrogens with one attached hydrogen (secondary N) is 2. The zero-order chi connectivity index (χ0) is 23.7. The summed E-state index contributed by atoms with van der Waals surface area (Å²) in [5.74, 6) is 0.612. The zero-order valence-corrected chi connectivity index (χ0v) is 18.2. The van der Waals surface area contributed by atoms with Gasteiger partial charge in [0.05, 0.1) is 29.8 Å². The minimum atomic E-state index is -4.56. The van der Waals surface area contributed by atoms with Gasteiger partial charge >= 0.3 is 6.18 Å². The van der Waals surface area contributed by atoms with Crippen LogP contribution in [0.5, 0.6) is 0 Å². The molecule has 10 heteroatoms. The molecule has 1 fully saturated rings. The highest BCUT2D eigenvalue weighted by Crippen LogP contribution is 2.33. The Morgan fingerprint density at radius 3 is 2.71 bits per heavy atom. The number of hydrogen-bond donors (Lipinski definition) is 2. The van der Waals surface area contributed by atoms with E-state index in [0.29, 0.717) is 46.7 Å². The van der Waals surface area contributed by atoms with E-state index < -0.39 is 11.9 Å². The largest absolute Gasteiger partial charge is 0.433 e. The van der Waals surface area contributed by atoms with E-state index in [1.54, 1.807) is 22.7 Å². The Labute approximate surface area is 193 Å². The van der Waals surface area contributed by atoms with Crippen molar-refractivity contribution in [2.45, 2.75) is 50.9 Å². The summed E-state index contributed by atoms with van der Waals surface area (Å²) in [5, 5.41) is 12.9. The number of rotatable bonds is 5. The van der Waals surface area contributed by atoms with E-state index in [0.717, 1.165) is 18.9 Å². The number of H-pyrrole nitrogens is 1. The van der Waals surface area contributed by atoms with Gasteiger partial charge in [0.1, 0.15) is 28.9 Å². The van der Waals surface area contributed by atoms with Crippen LogP contribution in [0.3, 0.4) is 0 Å². The fraction of sp³-hybridized carbons (Fsp3) is 0.333. The molecule has 1 aliphatic carbocycles. The third-order valence-corrected chi connectivity index (χ3v) is 6.11. The van der Waals surface area contributed by atoms with Crippen LogP contribution in [0.1, 0.15) is 49.3 Å². The van der Waals surface area contributed by atoms with Crippen molar-refractivity contribution >= 4 is 5.65 Å². The number of nitrogens with zero attached hydrogens (tertiary/aromatic N) is 5. The zero-order valence-electron chi connectivity index (χ0n) is 18.2. The lowest BCUT2D eigenvalue weighted by atomic mass is 9.95. The summed E-state index contributed by atoms with van der Waals surface area (Å²) >= 11 is 0. The molecule has 174 valence electrons. The summed E-state index contributed by atoms with van der Waals surface area (Å²) in [4.78, 5) is 16.0. The Bertz CT molecular complexity index is 1360. The maximum atomic E-state index is 13.3. The molecule has 0 amide bonds. The first-order valence-electron chi connectivity index (χ1n) is 11.2. The maximum Gasteiger partial charge on any atom is 0.433 e. The molecule has 34 heavy (non-hydrogen) atoms. The summed E-state index contributed by atoms with van der Waals surface area (Å²) < 4.78 is 41.6. The molecule has 4 heterocycles. The SMILES string of the molecule is N#Cc1cnc2ccc(-c3nc(CNC4CCCCC4)[nH]c3-c3cccc(C(F)(F)F)n3)cn12. The second kappa shape index (κ2) is 8.91. The molecule has 5 rings (SSSR count). The van der Waals surface area contributed by atoms with Crippen molar-refractivity contribution in [3.8, 4) is 28.7 Å². The number of nitriles is 1. The normalized spacial score (nSPS) is 15.0. The fourth-order valence-corrected chi connectivity index (χ4v) is 4.38. The van der Waals surface area contributed by atoms with Gasteiger partial charge in [0.2, 0.25) is 0 Å². The lowest BCUT2D eigenvalue weighted by Crippen LogP contribution is -2.30. The topological polar surface area (TPSA) is 94.7 Å². The van der Waals surface area contributed by atoms with Crippen LogP contribution in [0.25, 0.3) is 28.3 Å². The van der Waals surface area contributed by atoms with Gasteiger partial charge in [0, 0.05) is 17.8 Å². The molecule has 0 radical (unpaired) electrons. The van der Waals surface area contributed by atoms with Crippen molar-refractivity contribution in [1.29, 1.82) is 5.26 Å². The van der Waals surface area contributed by atoms with Crippen LogP contribution in [-0.2, 0) is 12.7 Å².